The molecular formula is C17H17FN2O5S. The quantitative estimate of drug-likeness (QED) is 0.563. The van der Waals surface area contributed by atoms with Crippen LogP contribution in [0.25, 0.3) is 0 Å². The molecule has 0 fully saturated rings. The van der Waals surface area contributed by atoms with Crippen LogP contribution >= 0.6 is 0 Å². The molecule has 2 N–H and O–H groups in total. The minimum atomic E-state index is -4.06. The van der Waals surface area contributed by atoms with Crippen molar-refractivity contribution in [2.75, 3.05) is 0 Å². The minimum absolute atomic E-state index is 0.169. The van der Waals surface area contributed by atoms with Crippen LogP contribution in [0, 0.1) is 5.82 Å². The Hall–Kier alpha value is -2.78. The number of benzene rings is 2. The molecule has 1 atom stereocenters. The number of hydrogen-bond donors (Lipinski definition) is 2. The van der Waals surface area contributed by atoms with Gasteiger partial charge in [0.05, 0.1) is 4.90 Å². The van der Waals surface area contributed by atoms with Crippen molar-refractivity contribution in [3.8, 4) is 5.75 Å². The van der Waals surface area contributed by atoms with E-state index in [4.69, 9.17) is 4.74 Å². The maximum Gasteiger partial charge on any atom is 0.275 e. The Morgan fingerprint density at radius 3 is 2.38 bits per heavy atom. The average Bonchev–Trinajstić information content (AvgIpc) is 2.61. The maximum absolute atomic E-state index is 12.8. The summed E-state index contributed by atoms with van der Waals surface area (Å²) in [6.07, 6.45) is -1.04. The minimum Gasteiger partial charge on any atom is -0.481 e. The molecule has 0 aliphatic rings. The molecule has 0 spiro atoms. The highest BCUT2D eigenvalue weighted by Crippen LogP contribution is 2.13. The highest BCUT2D eigenvalue weighted by molar-refractivity contribution is 7.89. The van der Waals surface area contributed by atoms with Crippen molar-refractivity contribution < 1.29 is 27.1 Å². The fourth-order valence-corrected chi connectivity index (χ4v) is 2.82. The summed E-state index contributed by atoms with van der Waals surface area (Å²) >= 11 is 0. The van der Waals surface area contributed by atoms with Gasteiger partial charge < -0.3 is 4.74 Å². The van der Waals surface area contributed by atoms with Crippen molar-refractivity contribution in [3.63, 3.8) is 0 Å². The van der Waals surface area contributed by atoms with Crippen molar-refractivity contribution in [3.05, 3.63) is 59.9 Å². The zero-order chi connectivity index (χ0) is 19.3. The smallest absolute Gasteiger partial charge is 0.275 e. The van der Waals surface area contributed by atoms with E-state index in [1.165, 1.54) is 62.4 Å². The lowest BCUT2D eigenvalue weighted by Gasteiger charge is -2.15. The van der Waals surface area contributed by atoms with Gasteiger partial charge >= 0.3 is 0 Å². The predicted molar refractivity (Wildman–Crippen MR) is 91.4 cm³/mol. The number of rotatable bonds is 7. The number of carbonyl (C=O) groups excluding carboxylic acids is 2. The van der Waals surface area contributed by atoms with E-state index >= 15 is 0 Å². The van der Waals surface area contributed by atoms with Gasteiger partial charge in [0.2, 0.25) is 0 Å². The Morgan fingerprint density at radius 1 is 1.12 bits per heavy atom. The summed E-state index contributed by atoms with van der Waals surface area (Å²) in [4.78, 5) is 25.1. The van der Waals surface area contributed by atoms with E-state index < -0.39 is 27.9 Å². The molecule has 0 saturated carbocycles. The maximum atomic E-state index is 12.8. The molecule has 2 rings (SSSR count). The zero-order valence-electron chi connectivity index (χ0n) is 14.0. The second-order valence-corrected chi connectivity index (χ2v) is 7.08. The molecule has 1 amide bonds. The van der Waals surface area contributed by atoms with Gasteiger partial charge in [0.25, 0.3) is 15.9 Å². The number of nitrogens with one attached hydrogen (secondary N) is 2. The summed E-state index contributed by atoms with van der Waals surface area (Å²) in [7, 11) is -4.06. The number of amides is 1. The van der Waals surface area contributed by atoms with Gasteiger partial charge in [-0.1, -0.05) is 12.1 Å². The van der Waals surface area contributed by atoms with E-state index in [9.17, 15) is 22.4 Å². The number of hydrogen-bond acceptors (Lipinski definition) is 5. The highest BCUT2D eigenvalue weighted by atomic mass is 32.2. The van der Waals surface area contributed by atoms with E-state index in [0.717, 1.165) is 0 Å². The second kappa shape index (κ2) is 8.07. The van der Waals surface area contributed by atoms with Crippen molar-refractivity contribution in [1.29, 1.82) is 0 Å². The summed E-state index contributed by atoms with van der Waals surface area (Å²) in [5.74, 6) is -1.23. The normalized spacial score (nSPS) is 12.3. The summed E-state index contributed by atoms with van der Waals surface area (Å²) in [6.45, 7) is 2.72. The predicted octanol–water partition coefficient (Wildman–Crippen LogP) is 1.81. The van der Waals surface area contributed by atoms with Crippen LogP contribution < -0.4 is 15.0 Å². The fourth-order valence-electron chi connectivity index (χ4n) is 1.93. The number of ketones is 1. The first-order chi connectivity index (χ1) is 12.2. The second-order valence-electron chi connectivity index (χ2n) is 5.39. The Balaban J connectivity index is 1.99. The van der Waals surface area contributed by atoms with Crippen LogP contribution in [0.4, 0.5) is 4.39 Å². The first-order valence-electron chi connectivity index (χ1n) is 7.54. The molecule has 0 aliphatic carbocycles. The van der Waals surface area contributed by atoms with Crippen molar-refractivity contribution in [2.45, 2.75) is 24.8 Å². The molecule has 0 unspecified atom stereocenters. The number of sulfonamides is 1. The molecule has 9 heteroatoms. The summed E-state index contributed by atoms with van der Waals surface area (Å²) < 4.78 is 42.6. The number of carbonyl (C=O) groups is 2. The SMILES string of the molecule is CC(=O)c1cccc(S(=O)(=O)NNC(=O)[C@@H](C)Oc2ccc(F)cc2)c1. The van der Waals surface area contributed by atoms with Gasteiger partial charge in [-0.2, -0.15) is 0 Å². The van der Waals surface area contributed by atoms with Crippen LogP contribution in [-0.4, -0.2) is 26.2 Å². The molecule has 7 nitrogen and oxygen atoms in total. The first-order valence-corrected chi connectivity index (χ1v) is 9.02. The Labute approximate surface area is 150 Å². The van der Waals surface area contributed by atoms with Gasteiger partial charge in [0.1, 0.15) is 11.6 Å². The van der Waals surface area contributed by atoms with Crippen molar-refractivity contribution in [2.24, 2.45) is 0 Å². The average molecular weight is 380 g/mol. The monoisotopic (exact) mass is 380 g/mol. The lowest BCUT2D eigenvalue weighted by molar-refractivity contribution is -0.127. The number of ether oxygens (including phenoxy) is 1. The molecule has 0 radical (unpaired) electrons. The van der Waals surface area contributed by atoms with Gasteiger partial charge in [-0.3, -0.25) is 15.0 Å². The van der Waals surface area contributed by atoms with Gasteiger partial charge in [-0.15, -0.1) is 4.83 Å². The topological polar surface area (TPSA) is 102 Å². The van der Waals surface area contributed by atoms with Crippen molar-refractivity contribution >= 4 is 21.7 Å². The zero-order valence-corrected chi connectivity index (χ0v) is 14.8. The van der Waals surface area contributed by atoms with Crippen molar-refractivity contribution in [1.82, 2.24) is 10.3 Å². The molecule has 0 aliphatic heterocycles. The first kappa shape index (κ1) is 19.5. The van der Waals surface area contributed by atoms with Crippen LogP contribution in [-0.2, 0) is 14.8 Å². The van der Waals surface area contributed by atoms with E-state index in [1.807, 2.05) is 10.3 Å². The highest BCUT2D eigenvalue weighted by Gasteiger charge is 2.20. The Kier molecular flexibility index (Phi) is 6.06. The third-order valence-corrected chi connectivity index (χ3v) is 4.60. The third-order valence-electron chi connectivity index (χ3n) is 3.36. The molecule has 2 aromatic carbocycles. The van der Waals surface area contributed by atoms with Crippen LogP contribution in [0.1, 0.15) is 24.2 Å². The largest absolute Gasteiger partial charge is 0.481 e. The lowest BCUT2D eigenvalue weighted by Crippen LogP contribution is -2.47. The molecule has 26 heavy (non-hydrogen) atoms. The van der Waals surface area contributed by atoms with Gasteiger partial charge in [-0.05, 0) is 50.2 Å². The molecule has 0 saturated heterocycles. The molecule has 138 valence electrons. The van der Waals surface area contributed by atoms with Crippen LogP contribution in [0.5, 0.6) is 5.75 Å². The van der Waals surface area contributed by atoms with Gasteiger partial charge in [0.15, 0.2) is 11.9 Å². The van der Waals surface area contributed by atoms with Crippen LogP contribution in [0.2, 0.25) is 0 Å². The summed E-state index contributed by atoms with van der Waals surface area (Å²) in [5.41, 5.74) is 2.27. The fraction of sp³-hybridized carbons (Fsp3) is 0.176. The number of hydrazine groups is 1. The molecule has 0 bridgehead atoms. The molecule has 0 aromatic heterocycles. The molecule has 0 heterocycles. The Bertz CT molecular complexity index is 913. The molecular weight excluding hydrogens is 363 g/mol. The number of Topliss-reactive ketones (excluding diaryl/α,β-unsaturated/α-hetero) is 1. The van der Waals surface area contributed by atoms with Crippen LogP contribution in [0.3, 0.4) is 0 Å². The van der Waals surface area contributed by atoms with Gasteiger partial charge in [-0.25, -0.2) is 12.8 Å². The van der Waals surface area contributed by atoms with E-state index in [0.29, 0.717) is 0 Å². The Morgan fingerprint density at radius 2 is 1.77 bits per heavy atom. The summed E-state index contributed by atoms with van der Waals surface area (Å²) in [6, 6.07) is 10.4. The number of halogens is 1. The third kappa shape index (κ3) is 5.11. The lowest BCUT2D eigenvalue weighted by atomic mass is 10.2. The molecule has 2 aromatic rings. The van der Waals surface area contributed by atoms with E-state index in [-0.39, 0.29) is 22.0 Å². The summed E-state index contributed by atoms with van der Waals surface area (Å²) in [5, 5.41) is 0. The van der Waals surface area contributed by atoms with Crippen LogP contribution in [0.15, 0.2) is 53.4 Å². The van der Waals surface area contributed by atoms with E-state index in [1.54, 1.807) is 0 Å². The van der Waals surface area contributed by atoms with E-state index in [2.05, 4.69) is 0 Å². The van der Waals surface area contributed by atoms with Gasteiger partial charge in [0, 0.05) is 5.56 Å². The standard InChI is InChI=1S/C17H17FN2O5S/c1-11(21)13-4-3-5-16(10-13)26(23,24)20-19-17(22)12(2)25-15-8-6-14(18)7-9-15/h3-10,12,20H,1-2H3,(H,19,22)/t12-/m1/s1.